The highest BCUT2D eigenvalue weighted by Crippen LogP contribution is 2.67. The number of benzene rings is 2. The summed E-state index contributed by atoms with van der Waals surface area (Å²) in [6.07, 6.45) is 5.59. The molecule has 10 atom stereocenters. The summed E-state index contributed by atoms with van der Waals surface area (Å²) < 4.78 is 12.2. The van der Waals surface area contributed by atoms with Crippen molar-refractivity contribution in [3.8, 4) is 5.75 Å². The van der Waals surface area contributed by atoms with Gasteiger partial charge in [0, 0.05) is 90.4 Å². The molecule has 9 rings (SSSR count). The number of para-hydroxylation sites is 1. The van der Waals surface area contributed by atoms with Gasteiger partial charge >= 0.3 is 5.97 Å². The molecule has 5 aliphatic heterocycles. The van der Waals surface area contributed by atoms with Gasteiger partial charge in [-0.3, -0.25) is 19.4 Å². The van der Waals surface area contributed by atoms with E-state index in [-0.39, 0.29) is 18.4 Å². The monoisotopic (exact) mass is 753 g/mol. The van der Waals surface area contributed by atoms with Crippen molar-refractivity contribution in [1.82, 2.24) is 14.8 Å². The molecule has 12 nitrogen and oxygen atoms in total. The number of aliphatic hydroxyl groups is 3. The number of hydrogen-bond donors (Lipinski definition) is 5. The van der Waals surface area contributed by atoms with Crippen LogP contribution in [0.3, 0.4) is 0 Å². The lowest BCUT2D eigenvalue weighted by molar-refractivity contribution is -0.201. The summed E-state index contributed by atoms with van der Waals surface area (Å²) in [6.45, 7) is 7.15. The molecule has 2 aromatic carbocycles. The molecule has 2 bridgehead atoms. The zero-order chi connectivity index (χ0) is 38.9. The van der Waals surface area contributed by atoms with E-state index in [2.05, 4.69) is 33.0 Å². The lowest BCUT2D eigenvalue weighted by atomic mass is 9.47. The maximum absolute atomic E-state index is 15.2. The quantitative estimate of drug-likeness (QED) is 0.187. The first-order valence-electron chi connectivity index (χ1n) is 20.0. The number of piperidine rings is 1. The molecule has 1 aromatic heterocycles. The van der Waals surface area contributed by atoms with E-state index >= 15 is 4.79 Å². The molecule has 6 N–H and O–H groups in total. The van der Waals surface area contributed by atoms with Gasteiger partial charge in [-0.2, -0.15) is 0 Å². The van der Waals surface area contributed by atoms with E-state index in [1.165, 1.54) is 7.11 Å². The number of primary amides is 1. The SMILES string of the molecule is CC[C@]1(O)C[C@H]2CN(CCc3c([nH]c4ccccc34)C[C@@]2(C(=O)OC)c2cc3c(cc2OC)N(C)[C@H]2[C@@](O)(C(N)=O)[C@H](O)[C@]4(CC)C=CCN5CC[C@]32C54)C1. The Kier molecular flexibility index (Phi) is 8.19. The number of methoxy groups -OCH3 is 2. The van der Waals surface area contributed by atoms with Crippen LogP contribution in [0.1, 0.15) is 61.9 Å². The maximum Gasteiger partial charge on any atom is 0.317 e. The van der Waals surface area contributed by atoms with Crippen LogP contribution in [0.5, 0.6) is 5.75 Å². The van der Waals surface area contributed by atoms with E-state index in [0.717, 1.165) is 46.4 Å². The van der Waals surface area contributed by atoms with E-state index in [9.17, 15) is 20.1 Å². The molecule has 55 heavy (non-hydrogen) atoms. The zero-order valence-corrected chi connectivity index (χ0v) is 32.6. The smallest absolute Gasteiger partial charge is 0.317 e. The van der Waals surface area contributed by atoms with Crippen LogP contribution >= 0.6 is 0 Å². The number of ether oxygens (including phenoxy) is 2. The van der Waals surface area contributed by atoms with Gasteiger partial charge in [-0.15, -0.1) is 0 Å². The van der Waals surface area contributed by atoms with Crippen LogP contribution in [0, 0.1) is 11.3 Å². The number of aromatic amines is 1. The second-order valence-corrected chi connectivity index (χ2v) is 17.5. The van der Waals surface area contributed by atoms with Crippen molar-refractivity contribution >= 4 is 28.5 Å². The molecular formula is C43H55N5O7. The van der Waals surface area contributed by atoms with E-state index in [0.29, 0.717) is 63.2 Å². The van der Waals surface area contributed by atoms with Crippen LogP contribution in [0.15, 0.2) is 48.6 Å². The van der Waals surface area contributed by atoms with E-state index in [1.807, 2.05) is 56.1 Å². The number of carbonyl (C=O) groups is 2. The maximum atomic E-state index is 15.2. The third-order valence-corrected chi connectivity index (χ3v) is 15.4. The van der Waals surface area contributed by atoms with Crippen LogP contribution in [-0.4, -0.2) is 125 Å². The number of nitrogens with two attached hydrogens (primary N) is 1. The van der Waals surface area contributed by atoms with Crippen molar-refractivity contribution in [3.63, 3.8) is 0 Å². The number of rotatable bonds is 6. The summed E-state index contributed by atoms with van der Waals surface area (Å²) in [5.41, 5.74) is 5.08. The van der Waals surface area contributed by atoms with Gasteiger partial charge in [0.15, 0.2) is 5.60 Å². The van der Waals surface area contributed by atoms with Crippen LogP contribution < -0.4 is 15.4 Å². The minimum absolute atomic E-state index is 0.273. The topological polar surface area (TPSA) is 165 Å². The Labute approximate surface area is 322 Å². The second-order valence-electron chi connectivity index (χ2n) is 17.5. The molecule has 1 saturated carbocycles. The van der Waals surface area contributed by atoms with Gasteiger partial charge in [0.05, 0.1) is 25.9 Å². The Balaban J connectivity index is 1.35. The fraction of sp³-hybridized carbons (Fsp3) is 0.581. The molecule has 2 unspecified atom stereocenters. The molecule has 294 valence electrons. The molecule has 6 heterocycles. The highest BCUT2D eigenvalue weighted by atomic mass is 16.5. The number of aliphatic hydroxyl groups excluding tert-OH is 1. The number of nitrogens with one attached hydrogen (secondary N) is 1. The Morgan fingerprint density at radius 3 is 2.55 bits per heavy atom. The lowest BCUT2D eigenvalue weighted by Gasteiger charge is -2.63. The average molecular weight is 754 g/mol. The van der Waals surface area contributed by atoms with Gasteiger partial charge in [0.25, 0.3) is 5.91 Å². The number of aromatic nitrogens is 1. The number of H-pyrrole nitrogens is 1. The molecule has 6 aliphatic rings. The Hall–Kier alpha value is -3.94. The van der Waals surface area contributed by atoms with Gasteiger partial charge in [0.2, 0.25) is 0 Å². The number of nitrogens with zero attached hydrogens (tertiary/aromatic N) is 3. The largest absolute Gasteiger partial charge is 0.496 e. The minimum atomic E-state index is -2.30. The number of fused-ring (bicyclic) bond motifs is 6. The van der Waals surface area contributed by atoms with Crippen molar-refractivity contribution in [2.45, 2.75) is 92.6 Å². The van der Waals surface area contributed by atoms with Gasteiger partial charge < -0.3 is 40.4 Å². The Bertz CT molecular complexity index is 2120. The van der Waals surface area contributed by atoms with Gasteiger partial charge in [-0.1, -0.05) is 44.2 Å². The van der Waals surface area contributed by atoms with Gasteiger partial charge in [-0.25, -0.2) is 0 Å². The van der Waals surface area contributed by atoms with E-state index in [1.54, 1.807) is 7.11 Å². The summed E-state index contributed by atoms with van der Waals surface area (Å²) in [5.74, 6) is -1.27. The summed E-state index contributed by atoms with van der Waals surface area (Å²) in [6, 6.07) is 11.1. The third kappa shape index (κ3) is 4.51. The fourth-order valence-corrected chi connectivity index (χ4v) is 13.0. The molecule has 12 heteroatoms. The van der Waals surface area contributed by atoms with Crippen molar-refractivity contribution in [1.29, 1.82) is 0 Å². The Morgan fingerprint density at radius 2 is 1.84 bits per heavy atom. The predicted octanol–water partition coefficient (Wildman–Crippen LogP) is 2.54. The number of amides is 1. The van der Waals surface area contributed by atoms with Gasteiger partial charge in [-0.05, 0) is 67.8 Å². The van der Waals surface area contributed by atoms with Crippen molar-refractivity contribution < 1.29 is 34.4 Å². The van der Waals surface area contributed by atoms with Crippen LogP contribution in [0.25, 0.3) is 10.9 Å². The number of hydrogen-bond acceptors (Lipinski definition) is 10. The molecular weight excluding hydrogens is 699 g/mol. The first kappa shape index (κ1) is 36.7. The molecule has 1 amide bonds. The van der Waals surface area contributed by atoms with Crippen molar-refractivity contribution in [2.24, 2.45) is 17.1 Å². The lowest BCUT2D eigenvalue weighted by Crippen LogP contribution is -2.81. The second kappa shape index (κ2) is 12.3. The molecule has 2 saturated heterocycles. The summed E-state index contributed by atoms with van der Waals surface area (Å²) >= 11 is 0. The normalized spacial score (nSPS) is 39.0. The van der Waals surface area contributed by atoms with Crippen LogP contribution in [0.2, 0.25) is 0 Å². The number of esters is 1. The fourth-order valence-electron chi connectivity index (χ4n) is 13.0. The van der Waals surface area contributed by atoms with E-state index in [4.69, 9.17) is 15.2 Å². The summed E-state index contributed by atoms with van der Waals surface area (Å²) in [5, 5.41) is 38.3. The highest BCUT2D eigenvalue weighted by molar-refractivity contribution is 5.91. The Morgan fingerprint density at radius 1 is 1.05 bits per heavy atom. The third-order valence-electron chi connectivity index (χ3n) is 15.4. The van der Waals surface area contributed by atoms with Crippen molar-refractivity contribution in [3.05, 3.63) is 70.9 Å². The summed E-state index contributed by atoms with van der Waals surface area (Å²) in [4.78, 5) is 39.2. The average Bonchev–Trinajstić information content (AvgIpc) is 3.83. The molecule has 1 spiro atoms. The number of likely N-dealkylation sites (N-methyl/N-ethyl adjacent to an activating group) is 1. The molecule has 3 aromatic rings. The molecule has 3 fully saturated rings. The first-order valence-corrected chi connectivity index (χ1v) is 20.0. The van der Waals surface area contributed by atoms with E-state index < -0.39 is 51.5 Å². The molecule has 1 aliphatic carbocycles. The van der Waals surface area contributed by atoms with Crippen LogP contribution in [0.4, 0.5) is 5.69 Å². The van der Waals surface area contributed by atoms with Crippen LogP contribution in [-0.2, 0) is 38.0 Å². The molecule has 0 radical (unpaired) electrons. The van der Waals surface area contributed by atoms with Gasteiger partial charge in [0.1, 0.15) is 17.3 Å². The number of anilines is 1. The first-order chi connectivity index (χ1) is 26.3. The zero-order valence-electron chi connectivity index (χ0n) is 32.6. The summed E-state index contributed by atoms with van der Waals surface area (Å²) in [7, 11) is 4.89. The number of carbonyl (C=O) groups excluding carboxylic acids is 2. The van der Waals surface area contributed by atoms with Crippen molar-refractivity contribution in [2.75, 3.05) is 58.9 Å². The minimum Gasteiger partial charge on any atom is -0.496 e. The standard InChI is InChI=1S/C43H55N5O7/c1-6-39(52)21-25-23-47(24-39)17-13-27-26-11-8-9-12-30(26)45-31(27)22-42(25,38(51)55-5)29-19-28-32(20-33(29)54-4)46(3)35-41(28)15-18-48-16-10-14-40(7-2,34(41)48)36(49)43(35,53)37(44)50/h8-12,14,19-20,25,34-36,45,49,52-53H,6-7,13,15-18,21-24H2,1-5H3,(H2,44,50)/t25-,34?,35+,36+,39-,40+,41+,42-,43-/m0/s1. The highest BCUT2D eigenvalue weighted by Gasteiger charge is 2.78. The predicted molar refractivity (Wildman–Crippen MR) is 208 cm³/mol.